The van der Waals surface area contributed by atoms with Gasteiger partial charge in [-0.3, -0.25) is 4.79 Å². The average Bonchev–Trinajstić information content (AvgIpc) is 2.85. The molecule has 3 atom stereocenters. The predicted octanol–water partition coefficient (Wildman–Crippen LogP) is 2.16. The number of carboxylic acids is 1. The first-order chi connectivity index (χ1) is 12.0. The van der Waals surface area contributed by atoms with Crippen LogP contribution >= 0.6 is 0 Å². The van der Waals surface area contributed by atoms with E-state index in [-0.39, 0.29) is 36.7 Å². The highest BCUT2D eigenvalue weighted by molar-refractivity contribution is 5.76. The zero-order chi connectivity index (χ0) is 17.8. The fourth-order valence-corrected chi connectivity index (χ4v) is 4.15. The molecule has 2 saturated heterocycles. The molecule has 2 aliphatic rings. The van der Waals surface area contributed by atoms with Gasteiger partial charge in [0.1, 0.15) is 0 Å². The minimum atomic E-state index is -0.853. The number of nitrogens with zero attached hydrogens (tertiary/aromatic N) is 1. The zero-order valence-corrected chi connectivity index (χ0v) is 14.3. The number of fused-ring (bicyclic) bond motifs is 2. The van der Waals surface area contributed by atoms with E-state index in [2.05, 4.69) is 5.32 Å². The number of aliphatic hydroxyl groups excluding tert-OH is 1. The Morgan fingerprint density at radius 3 is 2.40 bits per heavy atom. The number of rotatable bonds is 6. The topological polar surface area (TPSA) is 89.9 Å². The standard InChI is InChI=1S/C19H26N2O4/c22-17-11-15-7-8-16(12-17)21(15)19(25)20-14(6-9-18(23)24)10-13-4-2-1-3-5-13/h1-5,14-17,22H,6-12H2,(H,20,25)(H,23,24). The van der Waals surface area contributed by atoms with Crippen LogP contribution in [0.3, 0.4) is 0 Å². The van der Waals surface area contributed by atoms with Crippen molar-refractivity contribution < 1.29 is 19.8 Å². The lowest BCUT2D eigenvalue weighted by molar-refractivity contribution is -0.137. The molecule has 0 saturated carbocycles. The first-order valence-corrected chi connectivity index (χ1v) is 9.05. The Balaban J connectivity index is 1.64. The summed E-state index contributed by atoms with van der Waals surface area (Å²) in [5.74, 6) is -0.853. The van der Waals surface area contributed by atoms with E-state index in [4.69, 9.17) is 5.11 Å². The van der Waals surface area contributed by atoms with Crippen LogP contribution in [0, 0.1) is 0 Å². The molecule has 6 nitrogen and oxygen atoms in total. The van der Waals surface area contributed by atoms with Gasteiger partial charge in [-0.25, -0.2) is 4.79 Å². The summed E-state index contributed by atoms with van der Waals surface area (Å²) in [5.41, 5.74) is 1.08. The van der Waals surface area contributed by atoms with Crippen molar-refractivity contribution in [1.29, 1.82) is 0 Å². The summed E-state index contributed by atoms with van der Waals surface area (Å²) in [6.07, 6.45) is 3.90. The number of amides is 2. The van der Waals surface area contributed by atoms with Crippen molar-refractivity contribution >= 4 is 12.0 Å². The summed E-state index contributed by atoms with van der Waals surface area (Å²) in [6, 6.07) is 9.67. The van der Waals surface area contributed by atoms with Gasteiger partial charge in [0.05, 0.1) is 6.10 Å². The summed E-state index contributed by atoms with van der Waals surface area (Å²) < 4.78 is 0. The van der Waals surface area contributed by atoms with E-state index in [9.17, 15) is 14.7 Å². The molecule has 3 N–H and O–H groups in total. The van der Waals surface area contributed by atoms with Gasteiger partial charge in [-0.15, -0.1) is 0 Å². The number of hydrogen-bond donors (Lipinski definition) is 3. The summed E-state index contributed by atoms with van der Waals surface area (Å²) in [6.45, 7) is 0. The lowest BCUT2D eigenvalue weighted by Gasteiger charge is -2.38. The molecule has 2 bridgehead atoms. The van der Waals surface area contributed by atoms with Crippen LogP contribution in [-0.4, -0.2) is 51.3 Å². The van der Waals surface area contributed by atoms with Crippen molar-refractivity contribution in [1.82, 2.24) is 10.2 Å². The van der Waals surface area contributed by atoms with Crippen molar-refractivity contribution in [3.63, 3.8) is 0 Å². The number of piperidine rings is 1. The Hall–Kier alpha value is -2.08. The molecule has 2 fully saturated rings. The monoisotopic (exact) mass is 346 g/mol. The summed E-state index contributed by atoms with van der Waals surface area (Å²) in [4.78, 5) is 25.6. The van der Waals surface area contributed by atoms with E-state index in [1.807, 2.05) is 35.2 Å². The quantitative estimate of drug-likeness (QED) is 0.736. The molecule has 0 radical (unpaired) electrons. The first-order valence-electron chi connectivity index (χ1n) is 9.05. The largest absolute Gasteiger partial charge is 0.481 e. The van der Waals surface area contributed by atoms with Crippen molar-refractivity contribution in [2.75, 3.05) is 0 Å². The second-order valence-corrected chi connectivity index (χ2v) is 7.19. The minimum absolute atomic E-state index is 0.0311. The number of aliphatic hydroxyl groups is 1. The number of carbonyl (C=O) groups excluding carboxylic acids is 1. The number of carboxylic acid groups (broad SMARTS) is 1. The second-order valence-electron chi connectivity index (χ2n) is 7.19. The molecule has 3 unspecified atom stereocenters. The van der Waals surface area contributed by atoms with Crippen molar-refractivity contribution in [3.8, 4) is 0 Å². The smallest absolute Gasteiger partial charge is 0.318 e. The maximum Gasteiger partial charge on any atom is 0.318 e. The van der Waals surface area contributed by atoms with E-state index in [1.54, 1.807) is 0 Å². The van der Waals surface area contributed by atoms with Crippen molar-refractivity contribution in [2.24, 2.45) is 0 Å². The molecule has 0 spiro atoms. The number of aliphatic carboxylic acids is 1. The number of carbonyl (C=O) groups is 2. The van der Waals surface area contributed by atoms with Crippen LogP contribution in [0.4, 0.5) is 4.79 Å². The van der Waals surface area contributed by atoms with E-state index in [0.29, 0.717) is 25.7 Å². The molecule has 2 aliphatic heterocycles. The highest BCUT2D eigenvalue weighted by Gasteiger charge is 2.43. The summed E-state index contributed by atoms with van der Waals surface area (Å²) >= 11 is 0. The van der Waals surface area contributed by atoms with Crippen LogP contribution in [-0.2, 0) is 11.2 Å². The maximum atomic E-state index is 12.8. The fourth-order valence-electron chi connectivity index (χ4n) is 4.15. The molecule has 136 valence electrons. The van der Waals surface area contributed by atoms with Crippen LogP contribution < -0.4 is 5.32 Å². The van der Waals surface area contributed by atoms with Crippen LogP contribution in [0.15, 0.2) is 30.3 Å². The molecule has 25 heavy (non-hydrogen) atoms. The van der Waals surface area contributed by atoms with Gasteiger partial charge in [-0.1, -0.05) is 30.3 Å². The predicted molar refractivity (Wildman–Crippen MR) is 93.2 cm³/mol. The number of hydrogen-bond acceptors (Lipinski definition) is 3. The second kappa shape index (κ2) is 7.87. The van der Waals surface area contributed by atoms with Gasteiger partial charge in [0.15, 0.2) is 0 Å². The number of benzene rings is 1. The average molecular weight is 346 g/mol. The van der Waals surface area contributed by atoms with Gasteiger partial charge < -0.3 is 20.4 Å². The molecule has 2 heterocycles. The molecule has 2 amide bonds. The van der Waals surface area contributed by atoms with Crippen LogP contribution in [0.2, 0.25) is 0 Å². The van der Waals surface area contributed by atoms with Crippen LogP contribution in [0.5, 0.6) is 0 Å². The molecule has 6 heteroatoms. The molecular weight excluding hydrogens is 320 g/mol. The molecular formula is C19H26N2O4. The molecule has 3 rings (SSSR count). The molecule has 0 aromatic heterocycles. The van der Waals surface area contributed by atoms with E-state index in [0.717, 1.165) is 18.4 Å². The number of urea groups is 1. The Bertz CT molecular complexity index is 593. The Morgan fingerprint density at radius 2 is 1.80 bits per heavy atom. The zero-order valence-electron chi connectivity index (χ0n) is 14.3. The fraction of sp³-hybridized carbons (Fsp3) is 0.579. The van der Waals surface area contributed by atoms with Gasteiger partial charge in [-0.2, -0.15) is 0 Å². The van der Waals surface area contributed by atoms with Gasteiger partial charge in [0, 0.05) is 24.5 Å². The molecule has 1 aromatic carbocycles. The first kappa shape index (κ1) is 17.7. The van der Waals surface area contributed by atoms with Crippen LogP contribution in [0.25, 0.3) is 0 Å². The van der Waals surface area contributed by atoms with Gasteiger partial charge >= 0.3 is 12.0 Å². The Labute approximate surface area is 147 Å². The SMILES string of the molecule is O=C(O)CCC(Cc1ccccc1)NC(=O)N1C2CCC1CC(O)C2. The van der Waals surface area contributed by atoms with Crippen molar-refractivity contribution in [3.05, 3.63) is 35.9 Å². The Morgan fingerprint density at radius 1 is 1.16 bits per heavy atom. The van der Waals surface area contributed by atoms with E-state index < -0.39 is 5.97 Å². The van der Waals surface area contributed by atoms with Gasteiger partial charge in [0.2, 0.25) is 0 Å². The highest BCUT2D eigenvalue weighted by atomic mass is 16.4. The third kappa shape index (κ3) is 4.51. The molecule has 0 aliphatic carbocycles. The van der Waals surface area contributed by atoms with Gasteiger partial charge in [0.25, 0.3) is 0 Å². The van der Waals surface area contributed by atoms with E-state index in [1.165, 1.54) is 0 Å². The summed E-state index contributed by atoms with van der Waals surface area (Å²) in [5, 5.41) is 21.9. The Kier molecular flexibility index (Phi) is 5.58. The normalized spacial score (nSPS) is 26.3. The summed E-state index contributed by atoms with van der Waals surface area (Å²) in [7, 11) is 0. The highest BCUT2D eigenvalue weighted by Crippen LogP contribution is 2.35. The third-order valence-electron chi connectivity index (χ3n) is 5.30. The lowest BCUT2D eigenvalue weighted by atomic mass is 9.99. The number of nitrogens with one attached hydrogen (secondary N) is 1. The third-order valence-corrected chi connectivity index (χ3v) is 5.30. The van der Waals surface area contributed by atoms with E-state index >= 15 is 0 Å². The van der Waals surface area contributed by atoms with Crippen LogP contribution in [0.1, 0.15) is 44.1 Å². The van der Waals surface area contributed by atoms with Crippen molar-refractivity contribution in [2.45, 2.75) is 69.2 Å². The maximum absolute atomic E-state index is 12.8. The lowest BCUT2D eigenvalue weighted by Crippen LogP contribution is -2.54. The van der Waals surface area contributed by atoms with Gasteiger partial charge in [-0.05, 0) is 44.1 Å². The minimum Gasteiger partial charge on any atom is -0.481 e. The molecule has 1 aromatic rings.